The van der Waals surface area contributed by atoms with Crippen LogP contribution in [0.25, 0.3) is 0 Å². The van der Waals surface area contributed by atoms with Crippen LogP contribution in [-0.4, -0.2) is 17.0 Å². The van der Waals surface area contributed by atoms with Gasteiger partial charge in [0, 0.05) is 24.6 Å². The van der Waals surface area contributed by atoms with E-state index in [4.69, 9.17) is 16.6 Å². The van der Waals surface area contributed by atoms with E-state index >= 15 is 0 Å². The molecule has 114 valence electrons. The third kappa shape index (κ3) is 3.96. The number of rotatable bonds is 3. The Labute approximate surface area is 143 Å². The van der Waals surface area contributed by atoms with E-state index in [1.807, 2.05) is 14.0 Å². The van der Waals surface area contributed by atoms with Crippen molar-refractivity contribution in [3.05, 3.63) is 37.3 Å². The summed E-state index contributed by atoms with van der Waals surface area (Å²) < 4.78 is 1.14. The minimum Gasteiger partial charge on any atom is -0.355 e. The van der Waals surface area contributed by atoms with Gasteiger partial charge in [0.1, 0.15) is 16.8 Å². The molecule has 2 aromatic heterocycles. The van der Waals surface area contributed by atoms with Crippen LogP contribution in [0.1, 0.15) is 37.7 Å². The van der Waals surface area contributed by atoms with Crippen LogP contribution in [-0.2, 0) is 12.0 Å². The van der Waals surface area contributed by atoms with E-state index < -0.39 is 0 Å². The van der Waals surface area contributed by atoms with Crippen LogP contribution in [0.15, 0.2) is 15.2 Å². The second-order valence-electron chi connectivity index (χ2n) is 6.15. The van der Waals surface area contributed by atoms with Gasteiger partial charge < -0.3 is 4.90 Å². The molecule has 0 amide bonds. The first kappa shape index (κ1) is 16.7. The first-order chi connectivity index (χ1) is 9.68. The normalized spacial score (nSPS) is 11.8. The molecular weight excluding hydrogens is 370 g/mol. The van der Waals surface area contributed by atoms with Crippen molar-refractivity contribution in [3.8, 4) is 0 Å². The van der Waals surface area contributed by atoms with Gasteiger partial charge in [0.25, 0.3) is 0 Å². The van der Waals surface area contributed by atoms with E-state index in [9.17, 15) is 0 Å². The Morgan fingerprint density at radius 3 is 2.52 bits per heavy atom. The molecule has 0 unspecified atom stereocenters. The van der Waals surface area contributed by atoms with Gasteiger partial charge in [-0.25, -0.2) is 9.97 Å². The fourth-order valence-corrected chi connectivity index (χ4v) is 3.33. The largest absolute Gasteiger partial charge is 0.355 e. The fraction of sp³-hybridized carbons (Fsp3) is 0.467. The highest BCUT2D eigenvalue weighted by Gasteiger charge is 2.22. The molecule has 0 radical (unpaired) electrons. The van der Waals surface area contributed by atoms with Gasteiger partial charge in [0.2, 0.25) is 0 Å². The Morgan fingerprint density at radius 2 is 2.00 bits per heavy atom. The molecule has 0 spiro atoms. The summed E-state index contributed by atoms with van der Waals surface area (Å²) in [7, 11) is 2.03. The third-order valence-electron chi connectivity index (χ3n) is 3.13. The Balaban J connectivity index is 2.35. The standard InChI is InChI=1S/C15H19BrClN3S/c1-9-12(17)18-14(15(2,3)4)19-13(9)20(5)7-10-6-11(16)21-8-10/h6,8H,7H2,1-5H3. The topological polar surface area (TPSA) is 29.0 Å². The molecule has 0 saturated carbocycles. The molecule has 0 bridgehead atoms. The highest BCUT2D eigenvalue weighted by atomic mass is 79.9. The molecule has 0 N–H and O–H groups in total. The van der Waals surface area contributed by atoms with Crippen molar-refractivity contribution in [1.82, 2.24) is 9.97 Å². The number of nitrogens with zero attached hydrogens (tertiary/aromatic N) is 3. The SMILES string of the molecule is Cc1c(Cl)nc(C(C)(C)C)nc1N(C)Cc1csc(Br)c1. The molecule has 0 aliphatic rings. The molecule has 0 aliphatic heterocycles. The van der Waals surface area contributed by atoms with E-state index in [-0.39, 0.29) is 5.41 Å². The predicted octanol–water partition coefficient (Wildman–Crippen LogP) is 5.20. The molecule has 2 aromatic rings. The van der Waals surface area contributed by atoms with Crippen molar-refractivity contribution >= 4 is 44.7 Å². The highest BCUT2D eigenvalue weighted by molar-refractivity contribution is 9.11. The summed E-state index contributed by atoms with van der Waals surface area (Å²) in [6, 6.07) is 2.13. The molecule has 0 atom stereocenters. The van der Waals surface area contributed by atoms with Crippen molar-refractivity contribution < 1.29 is 0 Å². The van der Waals surface area contributed by atoms with Gasteiger partial charge >= 0.3 is 0 Å². The maximum Gasteiger partial charge on any atom is 0.137 e. The monoisotopic (exact) mass is 387 g/mol. The molecular formula is C15H19BrClN3S. The fourth-order valence-electron chi connectivity index (χ4n) is 1.96. The van der Waals surface area contributed by atoms with Crippen molar-refractivity contribution in [2.45, 2.75) is 39.7 Å². The van der Waals surface area contributed by atoms with Crippen LogP contribution in [0.3, 0.4) is 0 Å². The quantitative estimate of drug-likeness (QED) is 0.677. The lowest BCUT2D eigenvalue weighted by Crippen LogP contribution is -2.23. The molecule has 0 saturated heterocycles. The minimum absolute atomic E-state index is 0.127. The lowest BCUT2D eigenvalue weighted by atomic mass is 9.95. The lowest BCUT2D eigenvalue weighted by molar-refractivity contribution is 0.543. The summed E-state index contributed by atoms with van der Waals surface area (Å²) in [5.74, 6) is 1.66. The van der Waals surface area contributed by atoms with E-state index in [1.54, 1.807) is 11.3 Å². The van der Waals surface area contributed by atoms with E-state index in [1.165, 1.54) is 5.56 Å². The summed E-state index contributed by atoms with van der Waals surface area (Å²) >= 11 is 11.5. The van der Waals surface area contributed by atoms with Gasteiger partial charge in [-0.1, -0.05) is 32.4 Å². The van der Waals surface area contributed by atoms with Crippen LogP contribution >= 0.6 is 38.9 Å². The Bertz CT molecular complexity index is 649. The molecule has 21 heavy (non-hydrogen) atoms. The molecule has 3 nitrogen and oxygen atoms in total. The van der Waals surface area contributed by atoms with E-state index in [0.29, 0.717) is 5.15 Å². The molecule has 2 rings (SSSR count). The predicted molar refractivity (Wildman–Crippen MR) is 94.6 cm³/mol. The number of anilines is 1. The zero-order valence-corrected chi connectivity index (χ0v) is 16.0. The average molecular weight is 389 g/mol. The van der Waals surface area contributed by atoms with Gasteiger partial charge in [-0.2, -0.15) is 0 Å². The van der Waals surface area contributed by atoms with Gasteiger partial charge in [-0.15, -0.1) is 11.3 Å². The molecule has 2 heterocycles. The van der Waals surface area contributed by atoms with Crippen molar-refractivity contribution in [2.75, 3.05) is 11.9 Å². The second-order valence-corrected chi connectivity index (χ2v) is 8.80. The summed E-state index contributed by atoms with van der Waals surface area (Å²) in [6.07, 6.45) is 0. The third-order valence-corrected chi connectivity index (χ3v) is 5.06. The highest BCUT2D eigenvalue weighted by Crippen LogP contribution is 2.29. The first-order valence-corrected chi connectivity index (χ1v) is 8.72. The van der Waals surface area contributed by atoms with Crippen molar-refractivity contribution in [1.29, 1.82) is 0 Å². The minimum atomic E-state index is -0.127. The molecule has 6 heteroatoms. The lowest BCUT2D eigenvalue weighted by Gasteiger charge is -2.24. The number of thiophene rings is 1. The zero-order chi connectivity index (χ0) is 15.8. The summed E-state index contributed by atoms with van der Waals surface area (Å²) in [5.41, 5.74) is 2.04. The summed E-state index contributed by atoms with van der Waals surface area (Å²) in [6.45, 7) is 9.03. The maximum atomic E-state index is 6.29. The number of aromatic nitrogens is 2. The van der Waals surface area contributed by atoms with Crippen LogP contribution in [0.4, 0.5) is 5.82 Å². The van der Waals surface area contributed by atoms with E-state index in [2.05, 4.69) is 58.0 Å². The van der Waals surface area contributed by atoms with Crippen molar-refractivity contribution in [2.24, 2.45) is 0 Å². The number of halogens is 2. The smallest absolute Gasteiger partial charge is 0.137 e. The Kier molecular flexibility index (Phi) is 4.96. The van der Waals surface area contributed by atoms with Gasteiger partial charge in [0.15, 0.2) is 0 Å². The average Bonchev–Trinajstić information content (AvgIpc) is 2.76. The number of hydrogen-bond acceptors (Lipinski definition) is 4. The van der Waals surface area contributed by atoms with Crippen molar-refractivity contribution in [3.63, 3.8) is 0 Å². The molecule has 0 aliphatic carbocycles. The Morgan fingerprint density at radius 1 is 1.33 bits per heavy atom. The molecule has 0 fully saturated rings. The van der Waals surface area contributed by atoms with Crippen LogP contribution < -0.4 is 4.90 Å². The van der Waals surface area contributed by atoms with Crippen LogP contribution in [0.2, 0.25) is 5.15 Å². The van der Waals surface area contributed by atoms with Gasteiger partial charge in [-0.05, 0) is 39.9 Å². The zero-order valence-electron chi connectivity index (χ0n) is 12.9. The summed E-state index contributed by atoms with van der Waals surface area (Å²) in [4.78, 5) is 11.3. The first-order valence-electron chi connectivity index (χ1n) is 6.67. The van der Waals surface area contributed by atoms with Crippen LogP contribution in [0.5, 0.6) is 0 Å². The summed E-state index contributed by atoms with van der Waals surface area (Å²) in [5, 5.41) is 2.67. The number of hydrogen-bond donors (Lipinski definition) is 0. The molecule has 0 aromatic carbocycles. The van der Waals surface area contributed by atoms with Gasteiger partial charge in [0.05, 0.1) is 3.79 Å². The van der Waals surface area contributed by atoms with Crippen LogP contribution in [0, 0.1) is 6.92 Å². The van der Waals surface area contributed by atoms with E-state index in [0.717, 1.165) is 27.5 Å². The maximum absolute atomic E-state index is 6.29. The Hall–Kier alpha value is -0.650. The second kappa shape index (κ2) is 6.23. The van der Waals surface area contributed by atoms with Gasteiger partial charge in [-0.3, -0.25) is 0 Å².